The highest BCUT2D eigenvalue weighted by Gasteiger charge is 2.23. The van der Waals surface area contributed by atoms with Crippen LogP contribution in [0.4, 0.5) is 5.69 Å². The quantitative estimate of drug-likeness (QED) is 0.467. The van der Waals surface area contributed by atoms with E-state index in [1.807, 2.05) is 61.5 Å². The van der Waals surface area contributed by atoms with E-state index in [0.29, 0.717) is 17.1 Å². The molecule has 1 fully saturated rings. The first-order valence-electron chi connectivity index (χ1n) is 11.1. The highest BCUT2D eigenvalue weighted by Crippen LogP contribution is 2.18. The molecule has 172 valence electrons. The standard InChI is InChI=1S/C24H28N6O2S/c1-17-7-9-18(10-8-17)23-27-28-24(33)30(23)16-22(32)26-20-11-13-29(14-12-20)15-21(31)25-19-5-3-2-4-6-19/h2-10,20H,11-16H2,1H3,(H,25,31)(H,26,32)(H,28,33). The lowest BCUT2D eigenvalue weighted by Gasteiger charge is -2.31. The number of H-pyrrole nitrogens is 1. The monoisotopic (exact) mass is 464 g/mol. The molecule has 2 aromatic carbocycles. The molecular formula is C24H28N6O2S. The van der Waals surface area contributed by atoms with Crippen molar-refractivity contribution in [1.82, 2.24) is 25.0 Å². The van der Waals surface area contributed by atoms with Crippen molar-refractivity contribution in [2.75, 3.05) is 25.0 Å². The van der Waals surface area contributed by atoms with Crippen LogP contribution in [0.3, 0.4) is 0 Å². The Labute approximate surface area is 198 Å². The maximum Gasteiger partial charge on any atom is 0.240 e. The zero-order chi connectivity index (χ0) is 23.2. The first kappa shape index (κ1) is 22.9. The summed E-state index contributed by atoms with van der Waals surface area (Å²) in [6.45, 7) is 3.99. The third-order valence-electron chi connectivity index (χ3n) is 5.75. The molecule has 0 spiro atoms. The van der Waals surface area contributed by atoms with Gasteiger partial charge in [0.05, 0.1) is 6.54 Å². The number of amides is 2. The van der Waals surface area contributed by atoms with E-state index in [1.54, 1.807) is 4.57 Å². The zero-order valence-corrected chi connectivity index (χ0v) is 19.4. The predicted octanol–water partition coefficient (Wildman–Crippen LogP) is 3.14. The van der Waals surface area contributed by atoms with E-state index in [1.165, 1.54) is 0 Å². The number of nitrogens with one attached hydrogen (secondary N) is 3. The van der Waals surface area contributed by atoms with E-state index in [9.17, 15) is 9.59 Å². The number of aryl methyl sites for hydroxylation is 1. The van der Waals surface area contributed by atoms with Crippen LogP contribution in [0.2, 0.25) is 0 Å². The normalized spacial score (nSPS) is 14.7. The molecule has 1 aromatic heterocycles. The number of anilines is 1. The van der Waals surface area contributed by atoms with Crippen LogP contribution in [0.5, 0.6) is 0 Å². The lowest BCUT2D eigenvalue weighted by molar-refractivity contribution is -0.123. The number of aromatic amines is 1. The summed E-state index contributed by atoms with van der Waals surface area (Å²) in [6.07, 6.45) is 1.60. The fourth-order valence-corrected chi connectivity index (χ4v) is 4.16. The number of rotatable bonds is 7. The Morgan fingerprint density at radius 3 is 2.42 bits per heavy atom. The third kappa shape index (κ3) is 6.15. The van der Waals surface area contributed by atoms with Crippen molar-refractivity contribution in [2.45, 2.75) is 32.4 Å². The van der Waals surface area contributed by atoms with Gasteiger partial charge in [0.15, 0.2) is 10.6 Å². The van der Waals surface area contributed by atoms with Crippen LogP contribution < -0.4 is 10.6 Å². The Balaban J connectivity index is 1.26. The zero-order valence-electron chi connectivity index (χ0n) is 18.6. The summed E-state index contributed by atoms with van der Waals surface area (Å²) in [5.41, 5.74) is 2.86. The van der Waals surface area contributed by atoms with Crippen LogP contribution in [0.25, 0.3) is 11.4 Å². The van der Waals surface area contributed by atoms with Gasteiger partial charge in [-0.15, -0.1) is 0 Å². The van der Waals surface area contributed by atoms with E-state index in [0.717, 1.165) is 42.7 Å². The molecule has 9 heteroatoms. The average Bonchev–Trinajstić information content (AvgIpc) is 3.16. The number of hydrogen-bond donors (Lipinski definition) is 3. The van der Waals surface area contributed by atoms with E-state index >= 15 is 0 Å². The van der Waals surface area contributed by atoms with E-state index < -0.39 is 0 Å². The molecular weight excluding hydrogens is 436 g/mol. The molecule has 33 heavy (non-hydrogen) atoms. The number of aromatic nitrogens is 3. The minimum atomic E-state index is -0.0962. The van der Waals surface area contributed by atoms with Gasteiger partial charge in [-0.25, -0.2) is 0 Å². The number of para-hydroxylation sites is 1. The minimum Gasteiger partial charge on any atom is -0.352 e. The second kappa shape index (κ2) is 10.5. The Bertz CT molecular complexity index is 1150. The second-order valence-corrected chi connectivity index (χ2v) is 8.72. The summed E-state index contributed by atoms with van der Waals surface area (Å²) in [6, 6.07) is 17.5. The molecule has 2 amide bonds. The van der Waals surface area contributed by atoms with E-state index in [4.69, 9.17) is 12.2 Å². The van der Waals surface area contributed by atoms with Gasteiger partial charge in [0.1, 0.15) is 6.54 Å². The first-order chi connectivity index (χ1) is 16.0. The largest absolute Gasteiger partial charge is 0.352 e. The Kier molecular flexibility index (Phi) is 7.31. The maximum absolute atomic E-state index is 12.7. The van der Waals surface area contributed by atoms with Crippen LogP contribution >= 0.6 is 12.2 Å². The van der Waals surface area contributed by atoms with Crippen molar-refractivity contribution in [1.29, 1.82) is 0 Å². The number of piperidine rings is 1. The van der Waals surface area contributed by atoms with Gasteiger partial charge in [0.25, 0.3) is 0 Å². The number of benzene rings is 2. The van der Waals surface area contributed by atoms with Crippen molar-refractivity contribution < 1.29 is 9.59 Å². The maximum atomic E-state index is 12.7. The first-order valence-corrected chi connectivity index (χ1v) is 11.5. The number of hydrogen-bond acceptors (Lipinski definition) is 5. The summed E-state index contributed by atoms with van der Waals surface area (Å²) >= 11 is 5.34. The van der Waals surface area contributed by atoms with Crippen LogP contribution in [-0.4, -0.2) is 57.2 Å². The molecule has 0 radical (unpaired) electrons. The SMILES string of the molecule is Cc1ccc(-c2n[nH]c(=S)n2CC(=O)NC2CCN(CC(=O)Nc3ccccc3)CC2)cc1. The van der Waals surface area contributed by atoms with Gasteiger partial charge in [0.2, 0.25) is 11.8 Å². The van der Waals surface area contributed by atoms with Gasteiger partial charge in [-0.3, -0.25) is 24.2 Å². The fourth-order valence-electron chi connectivity index (χ4n) is 3.96. The summed E-state index contributed by atoms with van der Waals surface area (Å²) in [4.78, 5) is 27.1. The topological polar surface area (TPSA) is 95.1 Å². The van der Waals surface area contributed by atoms with Crippen LogP contribution in [0.1, 0.15) is 18.4 Å². The second-order valence-electron chi connectivity index (χ2n) is 8.34. The highest BCUT2D eigenvalue weighted by molar-refractivity contribution is 7.71. The van der Waals surface area contributed by atoms with Crippen molar-refractivity contribution >= 4 is 29.7 Å². The van der Waals surface area contributed by atoms with Gasteiger partial charge in [-0.05, 0) is 44.1 Å². The van der Waals surface area contributed by atoms with Crippen LogP contribution in [0.15, 0.2) is 54.6 Å². The fraction of sp³-hybridized carbons (Fsp3) is 0.333. The van der Waals surface area contributed by atoms with Gasteiger partial charge in [0, 0.05) is 30.4 Å². The molecule has 3 aromatic rings. The summed E-state index contributed by atoms with van der Waals surface area (Å²) in [5, 5.41) is 13.1. The van der Waals surface area contributed by atoms with Crippen molar-refractivity contribution in [3.8, 4) is 11.4 Å². The molecule has 1 saturated heterocycles. The van der Waals surface area contributed by atoms with Crippen molar-refractivity contribution in [2.24, 2.45) is 0 Å². The Morgan fingerprint density at radius 2 is 1.73 bits per heavy atom. The van der Waals surface area contributed by atoms with Gasteiger partial charge < -0.3 is 10.6 Å². The third-order valence-corrected chi connectivity index (χ3v) is 6.06. The molecule has 0 unspecified atom stereocenters. The predicted molar refractivity (Wildman–Crippen MR) is 130 cm³/mol. The Hall–Kier alpha value is -3.30. The van der Waals surface area contributed by atoms with E-state index in [2.05, 4.69) is 25.7 Å². The molecule has 2 heterocycles. The number of carbonyl (C=O) groups excluding carboxylic acids is 2. The van der Waals surface area contributed by atoms with Crippen LogP contribution in [-0.2, 0) is 16.1 Å². The molecule has 0 saturated carbocycles. The minimum absolute atomic E-state index is 0.0262. The summed E-state index contributed by atoms with van der Waals surface area (Å²) in [7, 11) is 0. The van der Waals surface area contributed by atoms with E-state index in [-0.39, 0.29) is 24.4 Å². The molecule has 3 N–H and O–H groups in total. The molecule has 1 aliphatic rings. The smallest absolute Gasteiger partial charge is 0.240 e. The number of likely N-dealkylation sites (tertiary alicyclic amines) is 1. The lowest BCUT2D eigenvalue weighted by Crippen LogP contribution is -2.47. The van der Waals surface area contributed by atoms with Gasteiger partial charge in [-0.1, -0.05) is 48.0 Å². The Morgan fingerprint density at radius 1 is 1.03 bits per heavy atom. The summed E-state index contributed by atoms with van der Waals surface area (Å²) < 4.78 is 2.14. The van der Waals surface area contributed by atoms with Crippen molar-refractivity contribution in [3.05, 3.63) is 64.9 Å². The van der Waals surface area contributed by atoms with Crippen LogP contribution in [0, 0.1) is 11.7 Å². The molecule has 0 bridgehead atoms. The molecule has 1 aliphatic heterocycles. The average molecular weight is 465 g/mol. The highest BCUT2D eigenvalue weighted by atomic mass is 32.1. The number of nitrogens with zero attached hydrogens (tertiary/aromatic N) is 3. The lowest BCUT2D eigenvalue weighted by atomic mass is 10.0. The number of carbonyl (C=O) groups is 2. The summed E-state index contributed by atoms with van der Waals surface area (Å²) in [5.74, 6) is 0.525. The molecule has 0 aliphatic carbocycles. The van der Waals surface area contributed by atoms with Crippen molar-refractivity contribution in [3.63, 3.8) is 0 Å². The molecule has 4 rings (SSSR count). The van der Waals surface area contributed by atoms with Gasteiger partial charge >= 0.3 is 0 Å². The molecule has 0 atom stereocenters. The van der Waals surface area contributed by atoms with Gasteiger partial charge in [-0.2, -0.15) is 5.10 Å². The molecule has 8 nitrogen and oxygen atoms in total.